The molecule has 0 bridgehead atoms. The van der Waals surface area contributed by atoms with Crippen LogP contribution in [0.25, 0.3) is 16.8 Å². The lowest BCUT2D eigenvalue weighted by molar-refractivity contribution is 0.0843. The molecule has 4 aromatic heterocycles. The van der Waals surface area contributed by atoms with Gasteiger partial charge in [0, 0.05) is 63.4 Å². The fraction of sp³-hybridized carbons (Fsp3) is 0.414. The van der Waals surface area contributed by atoms with Crippen LogP contribution in [0.5, 0.6) is 5.75 Å². The van der Waals surface area contributed by atoms with Crippen LogP contribution in [0.4, 0.5) is 11.6 Å². The number of nitrogens with zero attached hydrogens (tertiary/aromatic N) is 6. The Hall–Kier alpha value is -4.45. The van der Waals surface area contributed by atoms with Crippen molar-refractivity contribution in [2.45, 2.75) is 39.3 Å². The Labute approximate surface area is 238 Å². The number of anilines is 2. The predicted octanol–water partition coefficient (Wildman–Crippen LogP) is 2.80. The van der Waals surface area contributed by atoms with E-state index < -0.39 is 5.91 Å². The predicted molar refractivity (Wildman–Crippen MR) is 157 cm³/mol. The molecule has 5 rings (SSSR count). The fourth-order valence-electron chi connectivity index (χ4n) is 5.20. The number of amides is 1. The fourth-order valence-corrected chi connectivity index (χ4v) is 5.20. The van der Waals surface area contributed by atoms with Crippen LogP contribution in [-0.2, 0) is 11.3 Å². The molecule has 1 aliphatic heterocycles. The van der Waals surface area contributed by atoms with Crippen molar-refractivity contribution in [3.8, 4) is 16.9 Å². The zero-order chi connectivity index (χ0) is 29.1. The van der Waals surface area contributed by atoms with Crippen LogP contribution < -0.4 is 25.4 Å². The van der Waals surface area contributed by atoms with E-state index in [9.17, 15) is 9.59 Å². The van der Waals surface area contributed by atoms with Crippen LogP contribution in [0, 0.1) is 6.92 Å². The number of hydrogen-bond acceptors (Lipinski definition) is 9. The monoisotopic (exact) mass is 560 g/mol. The summed E-state index contributed by atoms with van der Waals surface area (Å²) in [7, 11) is 5.36. The normalized spacial score (nSPS) is 13.8. The van der Waals surface area contributed by atoms with E-state index in [0.29, 0.717) is 35.9 Å². The van der Waals surface area contributed by atoms with Gasteiger partial charge < -0.3 is 29.6 Å². The Balaban J connectivity index is 1.58. The molecule has 2 N–H and O–H groups in total. The molecule has 1 amide bonds. The van der Waals surface area contributed by atoms with E-state index >= 15 is 0 Å². The number of hydrogen-bond donors (Lipinski definition) is 2. The van der Waals surface area contributed by atoms with Crippen LogP contribution in [0.2, 0.25) is 0 Å². The number of aromatic nitrogens is 5. The number of rotatable bonds is 9. The molecule has 41 heavy (non-hydrogen) atoms. The highest BCUT2D eigenvalue weighted by Crippen LogP contribution is 2.30. The van der Waals surface area contributed by atoms with Gasteiger partial charge in [-0.15, -0.1) is 0 Å². The number of nitrogens with one attached hydrogen (secondary N) is 2. The summed E-state index contributed by atoms with van der Waals surface area (Å²) in [5.74, 6) is 1.58. The van der Waals surface area contributed by atoms with Gasteiger partial charge >= 0.3 is 0 Å². The summed E-state index contributed by atoms with van der Waals surface area (Å²) in [5, 5.41) is 7.59. The molecule has 0 unspecified atom stereocenters. The third kappa shape index (κ3) is 5.73. The first kappa shape index (κ1) is 28.1. The van der Waals surface area contributed by atoms with Crippen molar-refractivity contribution in [1.29, 1.82) is 0 Å². The van der Waals surface area contributed by atoms with Crippen molar-refractivity contribution >= 4 is 23.2 Å². The lowest BCUT2D eigenvalue weighted by atomic mass is 10.1. The van der Waals surface area contributed by atoms with E-state index in [2.05, 4.69) is 27.1 Å². The van der Waals surface area contributed by atoms with Crippen LogP contribution in [0.15, 0.2) is 41.5 Å². The van der Waals surface area contributed by atoms with E-state index in [1.165, 1.54) is 7.11 Å². The molecular formula is C29H36N8O4. The SMILES string of the molecule is CCN(c1cc(C(=O)NCc2c(OC)cc(C)[nH]c2=O)nc2c(-c3ccnc(N(C)C)c3)cnn12)C1CCOCC1. The summed E-state index contributed by atoms with van der Waals surface area (Å²) in [6.45, 7) is 5.94. The summed E-state index contributed by atoms with van der Waals surface area (Å²) >= 11 is 0. The van der Waals surface area contributed by atoms with Gasteiger partial charge in [0.1, 0.15) is 23.1 Å². The zero-order valence-corrected chi connectivity index (χ0v) is 24.1. The minimum absolute atomic E-state index is 0.0140. The molecule has 0 aliphatic carbocycles. The molecule has 0 radical (unpaired) electrons. The number of aromatic amines is 1. The number of methoxy groups -OCH3 is 1. The van der Waals surface area contributed by atoms with Gasteiger partial charge in [0.25, 0.3) is 11.5 Å². The molecule has 12 heteroatoms. The molecule has 216 valence electrons. The summed E-state index contributed by atoms with van der Waals surface area (Å²) in [6.07, 6.45) is 5.27. The Morgan fingerprint density at radius 1 is 1.24 bits per heavy atom. The summed E-state index contributed by atoms with van der Waals surface area (Å²) in [4.78, 5) is 42.4. The Bertz CT molecular complexity index is 1610. The van der Waals surface area contributed by atoms with Gasteiger partial charge in [-0.25, -0.2) is 9.97 Å². The van der Waals surface area contributed by atoms with Crippen LogP contribution >= 0.6 is 0 Å². The quantitative estimate of drug-likeness (QED) is 0.317. The van der Waals surface area contributed by atoms with Crippen LogP contribution in [-0.4, -0.2) is 77.5 Å². The number of ether oxygens (including phenoxy) is 2. The lowest BCUT2D eigenvalue weighted by Crippen LogP contribution is -2.40. The molecule has 0 saturated carbocycles. The van der Waals surface area contributed by atoms with Gasteiger partial charge in [-0.2, -0.15) is 9.61 Å². The first-order valence-electron chi connectivity index (χ1n) is 13.7. The Morgan fingerprint density at radius 3 is 2.73 bits per heavy atom. The topological polar surface area (TPSA) is 130 Å². The number of fused-ring (bicyclic) bond motifs is 1. The third-order valence-corrected chi connectivity index (χ3v) is 7.34. The lowest BCUT2D eigenvalue weighted by Gasteiger charge is -2.35. The maximum atomic E-state index is 13.6. The highest BCUT2D eigenvalue weighted by Gasteiger charge is 2.26. The van der Waals surface area contributed by atoms with Gasteiger partial charge in [0.15, 0.2) is 5.65 Å². The highest BCUT2D eigenvalue weighted by molar-refractivity contribution is 5.94. The van der Waals surface area contributed by atoms with Crippen molar-refractivity contribution in [2.24, 2.45) is 0 Å². The average Bonchev–Trinajstić information content (AvgIpc) is 3.41. The first-order valence-corrected chi connectivity index (χ1v) is 13.7. The summed E-state index contributed by atoms with van der Waals surface area (Å²) in [5.41, 5.74) is 3.15. The molecule has 0 aromatic carbocycles. The molecule has 0 spiro atoms. The smallest absolute Gasteiger partial charge is 0.270 e. The summed E-state index contributed by atoms with van der Waals surface area (Å²) in [6, 6.07) is 7.61. The zero-order valence-electron chi connectivity index (χ0n) is 24.1. The van der Waals surface area contributed by atoms with Crippen molar-refractivity contribution in [2.75, 3.05) is 50.8 Å². The maximum absolute atomic E-state index is 13.6. The standard InChI is InChI=1S/C29H36N8O4/c1-6-36(20-8-11-41-12-9-20)26-15-23(29(39)31-16-22-24(40-5)13-18(2)33-28(22)38)34-27-21(17-32-37(26)27)19-7-10-30-25(14-19)35(3)4/h7,10,13-15,17,20H,6,8-9,11-12,16H2,1-5H3,(H,31,39)(H,33,38). The molecule has 5 heterocycles. The van der Waals surface area contributed by atoms with Crippen molar-refractivity contribution in [1.82, 2.24) is 29.9 Å². The number of carbonyl (C=O) groups is 1. The largest absolute Gasteiger partial charge is 0.496 e. The first-order chi connectivity index (χ1) is 19.8. The number of carbonyl (C=O) groups excluding carboxylic acids is 1. The summed E-state index contributed by atoms with van der Waals surface area (Å²) < 4.78 is 12.8. The number of pyridine rings is 2. The van der Waals surface area contributed by atoms with Gasteiger partial charge in [0.2, 0.25) is 0 Å². The molecule has 1 aliphatic rings. The van der Waals surface area contributed by atoms with E-state index in [1.807, 2.05) is 31.1 Å². The molecule has 0 atom stereocenters. The second-order valence-corrected chi connectivity index (χ2v) is 10.2. The van der Waals surface area contributed by atoms with Crippen LogP contribution in [0.1, 0.15) is 41.5 Å². The van der Waals surface area contributed by atoms with Gasteiger partial charge in [-0.05, 0) is 50.5 Å². The van der Waals surface area contributed by atoms with Gasteiger partial charge in [-0.3, -0.25) is 9.59 Å². The highest BCUT2D eigenvalue weighted by atomic mass is 16.5. The second-order valence-electron chi connectivity index (χ2n) is 10.2. The van der Waals surface area contributed by atoms with Crippen LogP contribution in [0.3, 0.4) is 0 Å². The number of H-pyrrole nitrogens is 1. The van der Waals surface area contributed by atoms with Gasteiger partial charge in [-0.1, -0.05) is 0 Å². The molecule has 12 nitrogen and oxygen atoms in total. The van der Waals surface area contributed by atoms with Gasteiger partial charge in [0.05, 0.1) is 25.4 Å². The Kier molecular flexibility index (Phi) is 8.20. The van der Waals surface area contributed by atoms with E-state index in [4.69, 9.17) is 19.6 Å². The minimum atomic E-state index is -0.408. The van der Waals surface area contributed by atoms with E-state index in [1.54, 1.807) is 36.0 Å². The third-order valence-electron chi connectivity index (χ3n) is 7.34. The van der Waals surface area contributed by atoms with Crippen molar-refractivity contribution in [3.05, 3.63) is 64.0 Å². The molecule has 1 saturated heterocycles. The maximum Gasteiger partial charge on any atom is 0.270 e. The molecule has 4 aromatic rings. The number of aryl methyl sites for hydroxylation is 1. The molecular weight excluding hydrogens is 524 g/mol. The average molecular weight is 561 g/mol. The Morgan fingerprint density at radius 2 is 2.02 bits per heavy atom. The van der Waals surface area contributed by atoms with Crippen molar-refractivity contribution < 1.29 is 14.3 Å². The van der Waals surface area contributed by atoms with E-state index in [0.717, 1.165) is 42.1 Å². The second kappa shape index (κ2) is 12.0. The molecule has 1 fully saturated rings. The van der Waals surface area contributed by atoms with E-state index in [-0.39, 0.29) is 23.8 Å². The van der Waals surface area contributed by atoms with Crippen molar-refractivity contribution in [3.63, 3.8) is 0 Å². The minimum Gasteiger partial charge on any atom is -0.496 e.